The van der Waals surface area contributed by atoms with Gasteiger partial charge in [0.1, 0.15) is 0 Å². The lowest BCUT2D eigenvalue weighted by Crippen LogP contribution is -2.03. The molecule has 0 aromatic heterocycles. The molecule has 18 heavy (non-hydrogen) atoms. The quantitative estimate of drug-likeness (QED) is 0.721. The van der Waals surface area contributed by atoms with Crippen LogP contribution in [0.15, 0.2) is 57.2 Å². The number of hydrogen-bond acceptors (Lipinski definition) is 3. The molecule has 2 aromatic carbocycles. The van der Waals surface area contributed by atoms with Crippen molar-refractivity contribution < 1.29 is 4.79 Å². The van der Waals surface area contributed by atoms with Gasteiger partial charge in [0.15, 0.2) is 5.78 Å². The van der Waals surface area contributed by atoms with Gasteiger partial charge in [-0.1, -0.05) is 30.0 Å². The molecule has 0 unspecified atom stereocenters. The Labute approximate surface area is 115 Å². The highest BCUT2D eigenvalue weighted by atomic mass is 32.2. The average molecular weight is 272 g/mol. The Morgan fingerprint density at radius 2 is 1.94 bits per heavy atom. The Kier molecular flexibility index (Phi) is 3.18. The van der Waals surface area contributed by atoms with Gasteiger partial charge in [-0.15, -0.1) is 11.8 Å². The molecule has 0 saturated carbocycles. The summed E-state index contributed by atoms with van der Waals surface area (Å²) < 4.78 is 0. The fraction of sp³-hybridized carbons (Fsp3) is 0.133. The Morgan fingerprint density at radius 3 is 2.78 bits per heavy atom. The molecule has 0 fully saturated rings. The topological polar surface area (TPSA) is 17.1 Å². The van der Waals surface area contributed by atoms with Crippen LogP contribution in [0, 0.1) is 0 Å². The number of ketones is 1. The van der Waals surface area contributed by atoms with Crippen molar-refractivity contribution in [3.63, 3.8) is 0 Å². The van der Waals surface area contributed by atoms with Crippen LogP contribution >= 0.6 is 23.5 Å². The summed E-state index contributed by atoms with van der Waals surface area (Å²) in [6.45, 7) is 0. The van der Waals surface area contributed by atoms with E-state index in [4.69, 9.17) is 0 Å². The molecule has 0 amide bonds. The monoisotopic (exact) mass is 272 g/mol. The highest BCUT2D eigenvalue weighted by Crippen LogP contribution is 2.38. The zero-order chi connectivity index (χ0) is 12.5. The van der Waals surface area contributed by atoms with Gasteiger partial charge in [0, 0.05) is 26.7 Å². The van der Waals surface area contributed by atoms with Gasteiger partial charge in [-0.25, -0.2) is 0 Å². The number of thioether (sulfide) groups is 1. The van der Waals surface area contributed by atoms with E-state index in [-0.39, 0.29) is 5.78 Å². The lowest BCUT2D eigenvalue weighted by atomic mass is 10.0. The summed E-state index contributed by atoms with van der Waals surface area (Å²) >= 11 is 3.37. The molecule has 90 valence electrons. The number of hydrogen-bond donors (Lipinski definition) is 0. The van der Waals surface area contributed by atoms with E-state index in [9.17, 15) is 4.79 Å². The van der Waals surface area contributed by atoms with Crippen LogP contribution < -0.4 is 0 Å². The zero-order valence-electron chi connectivity index (χ0n) is 9.97. The molecule has 0 N–H and O–H groups in total. The van der Waals surface area contributed by atoms with Crippen LogP contribution in [0.2, 0.25) is 0 Å². The van der Waals surface area contributed by atoms with E-state index >= 15 is 0 Å². The first kappa shape index (κ1) is 11.9. The second kappa shape index (κ2) is 4.82. The molecule has 1 aliphatic heterocycles. The van der Waals surface area contributed by atoms with Crippen molar-refractivity contribution in [1.29, 1.82) is 0 Å². The molecular formula is C15H12OS2. The van der Waals surface area contributed by atoms with Gasteiger partial charge in [-0.3, -0.25) is 4.79 Å². The van der Waals surface area contributed by atoms with Crippen LogP contribution in [0.3, 0.4) is 0 Å². The fourth-order valence-corrected chi connectivity index (χ4v) is 3.59. The third-order valence-electron chi connectivity index (χ3n) is 3.03. The van der Waals surface area contributed by atoms with Crippen LogP contribution in [0.5, 0.6) is 0 Å². The van der Waals surface area contributed by atoms with Crippen molar-refractivity contribution in [2.24, 2.45) is 0 Å². The molecule has 1 heterocycles. The van der Waals surface area contributed by atoms with Crippen LogP contribution in [-0.4, -0.2) is 12.0 Å². The highest BCUT2D eigenvalue weighted by Gasteiger charge is 2.20. The maximum Gasteiger partial charge on any atom is 0.168 e. The summed E-state index contributed by atoms with van der Waals surface area (Å²) in [5.74, 6) is 0.221. The first-order chi connectivity index (χ1) is 8.78. The van der Waals surface area contributed by atoms with Gasteiger partial charge < -0.3 is 0 Å². The van der Waals surface area contributed by atoms with Crippen molar-refractivity contribution >= 4 is 29.3 Å². The van der Waals surface area contributed by atoms with Crippen LogP contribution in [0.25, 0.3) is 0 Å². The Balaban J connectivity index is 2.13. The maximum atomic E-state index is 12.3. The lowest BCUT2D eigenvalue weighted by molar-refractivity contribution is 0.0990. The SMILES string of the molecule is CSc1ccc2c(c1)C(=O)Cc1ccccc1S2. The van der Waals surface area contributed by atoms with Gasteiger partial charge in [0.2, 0.25) is 0 Å². The Morgan fingerprint density at radius 1 is 1.11 bits per heavy atom. The van der Waals surface area contributed by atoms with Crippen molar-refractivity contribution in [2.75, 3.05) is 6.26 Å². The van der Waals surface area contributed by atoms with E-state index in [1.807, 2.05) is 30.5 Å². The van der Waals surface area contributed by atoms with Crippen molar-refractivity contribution in [3.05, 3.63) is 53.6 Å². The number of rotatable bonds is 1. The number of carbonyl (C=O) groups is 1. The summed E-state index contributed by atoms with van der Waals surface area (Å²) in [5, 5.41) is 0. The number of carbonyl (C=O) groups excluding carboxylic acids is 1. The Hall–Kier alpha value is -1.19. The normalized spacial score (nSPS) is 13.7. The molecule has 0 atom stereocenters. The third-order valence-corrected chi connectivity index (χ3v) is 4.95. The average Bonchev–Trinajstić information content (AvgIpc) is 2.54. The molecule has 3 rings (SSSR count). The van der Waals surface area contributed by atoms with Gasteiger partial charge in [-0.2, -0.15) is 0 Å². The fourth-order valence-electron chi connectivity index (χ4n) is 2.08. The predicted molar refractivity (Wildman–Crippen MR) is 76.8 cm³/mol. The summed E-state index contributed by atoms with van der Waals surface area (Å²) in [5.41, 5.74) is 2.00. The molecule has 2 aromatic rings. The minimum atomic E-state index is 0.221. The van der Waals surface area contributed by atoms with Crippen LogP contribution in [0.1, 0.15) is 15.9 Å². The second-order valence-electron chi connectivity index (χ2n) is 4.17. The van der Waals surface area contributed by atoms with Gasteiger partial charge in [0.05, 0.1) is 0 Å². The van der Waals surface area contributed by atoms with E-state index in [1.54, 1.807) is 23.5 Å². The summed E-state index contributed by atoms with van der Waals surface area (Å²) in [6, 6.07) is 14.3. The lowest BCUT2D eigenvalue weighted by Gasteiger charge is -2.06. The molecule has 3 heteroatoms. The van der Waals surface area contributed by atoms with Crippen molar-refractivity contribution in [1.82, 2.24) is 0 Å². The summed E-state index contributed by atoms with van der Waals surface area (Å²) in [6.07, 6.45) is 2.54. The first-order valence-electron chi connectivity index (χ1n) is 5.75. The maximum absolute atomic E-state index is 12.3. The molecular weight excluding hydrogens is 260 g/mol. The number of benzene rings is 2. The number of fused-ring (bicyclic) bond motifs is 2. The smallest absolute Gasteiger partial charge is 0.168 e. The zero-order valence-corrected chi connectivity index (χ0v) is 11.6. The largest absolute Gasteiger partial charge is 0.294 e. The third kappa shape index (κ3) is 2.08. The molecule has 1 aliphatic rings. The molecule has 0 aliphatic carbocycles. The summed E-state index contributed by atoms with van der Waals surface area (Å²) in [7, 11) is 0. The molecule has 1 nitrogen and oxygen atoms in total. The minimum absolute atomic E-state index is 0.221. The van der Waals surface area contributed by atoms with E-state index in [2.05, 4.69) is 18.2 Å². The Bertz CT molecular complexity index is 620. The minimum Gasteiger partial charge on any atom is -0.294 e. The molecule has 0 saturated heterocycles. The van der Waals surface area contributed by atoms with Gasteiger partial charge in [-0.05, 0) is 36.1 Å². The van der Waals surface area contributed by atoms with E-state index in [0.29, 0.717) is 6.42 Å². The van der Waals surface area contributed by atoms with Gasteiger partial charge in [0.25, 0.3) is 0 Å². The van der Waals surface area contributed by atoms with E-state index in [1.165, 1.54) is 4.90 Å². The predicted octanol–water partition coefficient (Wildman–Crippen LogP) is 4.30. The highest BCUT2D eigenvalue weighted by molar-refractivity contribution is 7.99. The van der Waals surface area contributed by atoms with Crippen molar-refractivity contribution in [3.8, 4) is 0 Å². The van der Waals surface area contributed by atoms with Crippen LogP contribution in [-0.2, 0) is 6.42 Å². The standard InChI is InChI=1S/C15H12OS2/c1-17-11-6-7-15-12(9-11)13(16)8-10-4-2-3-5-14(10)18-15/h2-7,9H,8H2,1H3. The van der Waals surface area contributed by atoms with E-state index in [0.717, 1.165) is 20.9 Å². The number of Topliss-reactive ketones (excluding diaryl/α,β-unsaturated/α-hetero) is 1. The second-order valence-corrected chi connectivity index (χ2v) is 6.14. The van der Waals surface area contributed by atoms with Gasteiger partial charge >= 0.3 is 0 Å². The van der Waals surface area contributed by atoms with Crippen LogP contribution in [0.4, 0.5) is 0 Å². The first-order valence-corrected chi connectivity index (χ1v) is 7.79. The van der Waals surface area contributed by atoms with Crippen molar-refractivity contribution in [2.45, 2.75) is 21.1 Å². The molecule has 0 spiro atoms. The van der Waals surface area contributed by atoms with E-state index < -0.39 is 0 Å². The summed E-state index contributed by atoms with van der Waals surface area (Å²) in [4.78, 5) is 15.7. The molecule has 0 radical (unpaired) electrons. The molecule has 0 bridgehead atoms.